The van der Waals surface area contributed by atoms with Crippen LogP contribution in [0.25, 0.3) is 11.0 Å². The fourth-order valence-electron chi connectivity index (χ4n) is 2.39. The quantitative estimate of drug-likeness (QED) is 0.799. The third-order valence-electron chi connectivity index (χ3n) is 3.36. The van der Waals surface area contributed by atoms with Crippen LogP contribution < -0.4 is 5.32 Å². The van der Waals surface area contributed by atoms with Crippen molar-refractivity contribution in [2.24, 2.45) is 7.05 Å². The molecule has 0 saturated heterocycles. The van der Waals surface area contributed by atoms with Crippen LogP contribution in [0.2, 0.25) is 5.02 Å². The van der Waals surface area contributed by atoms with E-state index in [1.165, 1.54) is 0 Å². The summed E-state index contributed by atoms with van der Waals surface area (Å²) in [5.74, 6) is 0.846. The lowest BCUT2D eigenvalue weighted by Crippen LogP contribution is -2.23. The molecule has 2 heterocycles. The van der Waals surface area contributed by atoms with Gasteiger partial charge in [0.25, 0.3) is 0 Å². The molecule has 0 spiro atoms. The van der Waals surface area contributed by atoms with Crippen LogP contribution in [0, 0.1) is 0 Å². The highest BCUT2D eigenvalue weighted by molar-refractivity contribution is 6.34. The number of fused-ring (bicyclic) bond motifs is 1. The van der Waals surface area contributed by atoms with Gasteiger partial charge in [0.1, 0.15) is 11.8 Å². The molecule has 1 N–H and O–H groups in total. The molecule has 0 fully saturated rings. The molecule has 3 rings (SSSR count). The van der Waals surface area contributed by atoms with Gasteiger partial charge in [0, 0.05) is 12.4 Å². The first kappa shape index (κ1) is 13.2. The molecule has 2 aromatic heterocycles. The zero-order valence-corrected chi connectivity index (χ0v) is 12.2. The summed E-state index contributed by atoms with van der Waals surface area (Å²) in [5, 5.41) is 5.07. The number of aryl methyl sites for hydroxylation is 1. The number of halogens is 1. The first-order valence-corrected chi connectivity index (χ1v) is 6.96. The second kappa shape index (κ2) is 5.31. The Morgan fingerprint density at radius 1 is 1.45 bits per heavy atom. The molecule has 1 aromatic carbocycles. The molecule has 5 heteroatoms. The third-order valence-corrected chi connectivity index (χ3v) is 3.66. The Hall–Kier alpha value is -1.78. The van der Waals surface area contributed by atoms with E-state index in [0.29, 0.717) is 5.02 Å². The Kier molecular flexibility index (Phi) is 3.51. The van der Waals surface area contributed by atoms with Crippen LogP contribution >= 0.6 is 11.6 Å². The Labute approximate surface area is 122 Å². The fourth-order valence-corrected chi connectivity index (χ4v) is 2.61. The minimum atomic E-state index is -0.0315. The summed E-state index contributed by atoms with van der Waals surface area (Å²) >= 11 is 6.18. The molecule has 0 aliphatic heterocycles. The van der Waals surface area contributed by atoms with E-state index in [0.717, 1.165) is 29.0 Å². The van der Waals surface area contributed by atoms with Gasteiger partial charge in [-0.25, -0.2) is 4.98 Å². The molecule has 4 nitrogen and oxygen atoms in total. The summed E-state index contributed by atoms with van der Waals surface area (Å²) in [6.07, 6.45) is 3.64. The Morgan fingerprint density at radius 3 is 2.95 bits per heavy atom. The molecule has 0 radical (unpaired) electrons. The maximum Gasteiger partial charge on any atom is 0.152 e. The highest BCUT2D eigenvalue weighted by atomic mass is 35.5. The van der Waals surface area contributed by atoms with Crippen molar-refractivity contribution in [2.45, 2.75) is 13.0 Å². The minimum absolute atomic E-state index is 0.0315. The molecule has 0 aliphatic rings. The van der Waals surface area contributed by atoms with Crippen molar-refractivity contribution in [3.05, 3.63) is 53.3 Å². The number of imidazole rings is 1. The molecule has 1 atom stereocenters. The average Bonchev–Trinajstić information content (AvgIpc) is 3.03. The lowest BCUT2D eigenvalue weighted by Gasteiger charge is -2.15. The topological polar surface area (TPSA) is 43.0 Å². The van der Waals surface area contributed by atoms with E-state index in [1.54, 1.807) is 6.33 Å². The SMILES string of the molecule is CCNC(c1cc2cccc(Cl)c2o1)c1cncn1C. The summed E-state index contributed by atoms with van der Waals surface area (Å²) in [6, 6.07) is 7.76. The summed E-state index contributed by atoms with van der Waals surface area (Å²) in [4.78, 5) is 4.18. The van der Waals surface area contributed by atoms with Crippen molar-refractivity contribution in [3.8, 4) is 0 Å². The van der Waals surface area contributed by atoms with E-state index in [1.807, 2.05) is 42.1 Å². The monoisotopic (exact) mass is 289 g/mol. The highest BCUT2D eigenvalue weighted by Crippen LogP contribution is 2.31. The van der Waals surface area contributed by atoms with E-state index in [2.05, 4.69) is 17.2 Å². The van der Waals surface area contributed by atoms with Gasteiger partial charge >= 0.3 is 0 Å². The maximum absolute atomic E-state index is 6.18. The number of furan rings is 1. The van der Waals surface area contributed by atoms with Gasteiger partial charge in [-0.05, 0) is 18.7 Å². The first-order valence-electron chi connectivity index (χ1n) is 6.58. The second-order valence-corrected chi connectivity index (χ2v) is 5.13. The Balaban J connectivity index is 2.10. The number of nitrogens with one attached hydrogen (secondary N) is 1. The van der Waals surface area contributed by atoms with E-state index in [4.69, 9.17) is 16.0 Å². The molecule has 0 amide bonds. The summed E-state index contributed by atoms with van der Waals surface area (Å²) in [7, 11) is 1.97. The van der Waals surface area contributed by atoms with E-state index < -0.39 is 0 Å². The standard InChI is InChI=1S/C15H16ClN3O/c1-3-18-14(12-8-17-9-19(12)2)13-7-10-5-4-6-11(16)15(10)20-13/h4-9,14,18H,3H2,1-2H3. The molecular weight excluding hydrogens is 274 g/mol. The molecule has 104 valence electrons. The molecule has 1 unspecified atom stereocenters. The molecule has 0 saturated carbocycles. The van der Waals surface area contributed by atoms with Crippen LogP contribution in [-0.4, -0.2) is 16.1 Å². The number of benzene rings is 1. The lowest BCUT2D eigenvalue weighted by molar-refractivity contribution is 0.464. The lowest BCUT2D eigenvalue weighted by atomic mass is 10.1. The summed E-state index contributed by atoms with van der Waals surface area (Å²) in [6.45, 7) is 2.90. The number of nitrogens with zero attached hydrogens (tertiary/aromatic N) is 2. The van der Waals surface area contributed by atoms with Crippen LogP contribution in [-0.2, 0) is 7.05 Å². The van der Waals surface area contributed by atoms with E-state index in [9.17, 15) is 0 Å². The second-order valence-electron chi connectivity index (χ2n) is 4.73. The van der Waals surface area contributed by atoms with Gasteiger partial charge in [0.15, 0.2) is 5.58 Å². The molecule has 3 aromatic rings. The maximum atomic E-state index is 6.18. The normalized spacial score (nSPS) is 12.9. The van der Waals surface area contributed by atoms with Gasteiger partial charge in [0.05, 0.1) is 23.2 Å². The van der Waals surface area contributed by atoms with Crippen molar-refractivity contribution in [1.29, 1.82) is 0 Å². The number of hydrogen-bond acceptors (Lipinski definition) is 3. The molecule has 20 heavy (non-hydrogen) atoms. The van der Waals surface area contributed by atoms with Crippen molar-refractivity contribution < 1.29 is 4.42 Å². The number of aromatic nitrogens is 2. The Morgan fingerprint density at radius 2 is 2.30 bits per heavy atom. The van der Waals surface area contributed by atoms with Crippen LogP contribution in [0.5, 0.6) is 0 Å². The average molecular weight is 290 g/mol. The van der Waals surface area contributed by atoms with Crippen molar-refractivity contribution in [1.82, 2.24) is 14.9 Å². The van der Waals surface area contributed by atoms with Gasteiger partial charge in [-0.15, -0.1) is 0 Å². The van der Waals surface area contributed by atoms with Gasteiger partial charge in [-0.3, -0.25) is 0 Å². The Bertz CT molecular complexity index is 732. The summed E-state index contributed by atoms with van der Waals surface area (Å²) < 4.78 is 7.94. The number of hydrogen-bond donors (Lipinski definition) is 1. The van der Waals surface area contributed by atoms with Gasteiger partial charge < -0.3 is 14.3 Å². The predicted octanol–water partition coefficient (Wildman–Crippen LogP) is 3.52. The largest absolute Gasteiger partial charge is 0.457 e. The molecule has 0 aliphatic carbocycles. The molecule has 0 bridgehead atoms. The van der Waals surface area contributed by atoms with Crippen LogP contribution in [0.1, 0.15) is 24.4 Å². The van der Waals surface area contributed by atoms with Crippen LogP contribution in [0.3, 0.4) is 0 Å². The minimum Gasteiger partial charge on any atom is -0.457 e. The van der Waals surface area contributed by atoms with Gasteiger partial charge in [-0.1, -0.05) is 30.7 Å². The first-order chi connectivity index (χ1) is 9.70. The number of rotatable bonds is 4. The zero-order valence-electron chi connectivity index (χ0n) is 11.4. The van der Waals surface area contributed by atoms with Crippen LogP contribution in [0.4, 0.5) is 0 Å². The molecular formula is C15H16ClN3O. The van der Waals surface area contributed by atoms with Gasteiger partial charge in [0.2, 0.25) is 0 Å². The third kappa shape index (κ3) is 2.21. The summed E-state index contributed by atoms with van der Waals surface area (Å²) in [5.41, 5.74) is 1.79. The van der Waals surface area contributed by atoms with Gasteiger partial charge in [-0.2, -0.15) is 0 Å². The van der Waals surface area contributed by atoms with Crippen molar-refractivity contribution in [3.63, 3.8) is 0 Å². The predicted molar refractivity (Wildman–Crippen MR) is 80.0 cm³/mol. The fraction of sp³-hybridized carbons (Fsp3) is 0.267. The number of para-hydroxylation sites is 1. The van der Waals surface area contributed by atoms with Crippen LogP contribution in [0.15, 0.2) is 41.2 Å². The van der Waals surface area contributed by atoms with E-state index in [-0.39, 0.29) is 6.04 Å². The smallest absolute Gasteiger partial charge is 0.152 e. The van der Waals surface area contributed by atoms with Crippen molar-refractivity contribution >= 4 is 22.6 Å². The zero-order chi connectivity index (χ0) is 14.1. The van der Waals surface area contributed by atoms with Crippen molar-refractivity contribution in [2.75, 3.05) is 6.54 Å². The van der Waals surface area contributed by atoms with E-state index >= 15 is 0 Å². The highest BCUT2D eigenvalue weighted by Gasteiger charge is 2.21.